The highest BCUT2D eigenvalue weighted by molar-refractivity contribution is 5.91. The Morgan fingerprint density at radius 1 is 1.24 bits per heavy atom. The third kappa shape index (κ3) is 5.54. The lowest BCUT2D eigenvalue weighted by atomic mass is 10.0. The fraction of sp³-hybridized carbons (Fsp3) is 0.455. The molecule has 0 aliphatic carbocycles. The van der Waals surface area contributed by atoms with Gasteiger partial charge in [-0.3, -0.25) is 23.9 Å². The molecule has 2 aliphatic rings. The van der Waals surface area contributed by atoms with Crippen molar-refractivity contribution in [2.75, 3.05) is 7.11 Å². The number of aliphatic hydroxyl groups excluding tert-OH is 3. The summed E-state index contributed by atoms with van der Waals surface area (Å²) in [5, 5.41) is 33.9. The Hall–Kier alpha value is -3.80. The summed E-state index contributed by atoms with van der Waals surface area (Å²) in [4.78, 5) is 50.6. The molecule has 7 N–H and O–H groups in total. The Labute approximate surface area is 213 Å². The van der Waals surface area contributed by atoms with Crippen molar-refractivity contribution in [2.24, 2.45) is 5.73 Å². The number of nitrogens with one attached hydrogen (secondary N) is 2. The van der Waals surface area contributed by atoms with Gasteiger partial charge in [0.2, 0.25) is 12.2 Å². The molecule has 2 amide bonds. The molecule has 0 radical (unpaired) electrons. The van der Waals surface area contributed by atoms with Gasteiger partial charge in [-0.2, -0.15) is 0 Å². The number of H-pyrrole nitrogens is 1. The molecule has 0 unspecified atom stereocenters. The smallest absolute Gasteiger partial charge is 0.330 e. The number of nitrogens with zero attached hydrogens (tertiary/aromatic N) is 1. The minimum absolute atomic E-state index is 0.00452. The number of hydrogen-bond acceptors (Lipinski definition) is 12. The van der Waals surface area contributed by atoms with Crippen molar-refractivity contribution in [3.63, 3.8) is 0 Å². The van der Waals surface area contributed by atoms with Crippen LogP contribution in [0.15, 0.2) is 56.5 Å². The maximum Gasteiger partial charge on any atom is 0.330 e. The highest BCUT2D eigenvalue weighted by Gasteiger charge is 2.52. The van der Waals surface area contributed by atoms with Crippen molar-refractivity contribution in [3.8, 4) is 0 Å². The van der Waals surface area contributed by atoms with Crippen molar-refractivity contribution in [1.29, 1.82) is 0 Å². The number of furan rings is 1. The second kappa shape index (κ2) is 11.3. The molecule has 0 saturated carbocycles. The number of ether oxygens (including phenoxy) is 4. The molecule has 16 heteroatoms. The number of primary amides is 1. The van der Waals surface area contributed by atoms with Gasteiger partial charge in [0.25, 0.3) is 11.5 Å². The van der Waals surface area contributed by atoms with E-state index in [0.29, 0.717) is 5.76 Å². The van der Waals surface area contributed by atoms with Gasteiger partial charge in [-0.15, -0.1) is 0 Å². The molecule has 38 heavy (non-hydrogen) atoms. The van der Waals surface area contributed by atoms with Crippen LogP contribution in [0.4, 0.5) is 0 Å². The van der Waals surface area contributed by atoms with Crippen molar-refractivity contribution < 1.29 is 48.3 Å². The normalized spacial score (nSPS) is 29.8. The first-order valence-electron chi connectivity index (χ1n) is 11.3. The minimum Gasteiger partial charge on any atom is -0.467 e. The zero-order chi connectivity index (χ0) is 27.6. The number of aromatic nitrogens is 2. The summed E-state index contributed by atoms with van der Waals surface area (Å²) in [6.07, 6.45) is -9.20. The molecule has 2 aromatic rings. The molecule has 0 spiro atoms. The van der Waals surface area contributed by atoms with E-state index in [4.69, 9.17) is 29.1 Å². The maximum absolute atomic E-state index is 12.5. The quantitative estimate of drug-likeness (QED) is 0.183. The van der Waals surface area contributed by atoms with Crippen molar-refractivity contribution in [2.45, 2.75) is 55.7 Å². The zero-order valence-electron chi connectivity index (χ0n) is 19.8. The van der Waals surface area contributed by atoms with Gasteiger partial charge >= 0.3 is 5.69 Å². The van der Waals surface area contributed by atoms with Gasteiger partial charge < -0.3 is 49.7 Å². The van der Waals surface area contributed by atoms with Gasteiger partial charge in [0.05, 0.1) is 12.8 Å². The number of nitrogens with two attached hydrogens (primary N) is 1. The third-order valence-electron chi connectivity index (χ3n) is 5.93. The molecule has 4 rings (SSSR count). The maximum atomic E-state index is 12.5. The van der Waals surface area contributed by atoms with Crippen LogP contribution in [0, 0.1) is 0 Å². The molecule has 16 nitrogen and oxygen atoms in total. The van der Waals surface area contributed by atoms with Crippen LogP contribution >= 0.6 is 0 Å². The number of hydrogen-bond donors (Lipinski definition) is 6. The van der Waals surface area contributed by atoms with Gasteiger partial charge in [-0.1, -0.05) is 0 Å². The van der Waals surface area contributed by atoms with Gasteiger partial charge in [0.1, 0.15) is 36.3 Å². The molecule has 2 aromatic heterocycles. The van der Waals surface area contributed by atoms with Crippen LogP contribution in [-0.2, 0) is 35.1 Å². The average molecular weight is 538 g/mol. The highest BCUT2D eigenvalue weighted by atomic mass is 16.7. The summed E-state index contributed by atoms with van der Waals surface area (Å²) in [6, 6.07) is 4.27. The Kier molecular flexibility index (Phi) is 8.10. The Bertz CT molecular complexity index is 1290. The van der Waals surface area contributed by atoms with Gasteiger partial charge in [-0.05, 0) is 18.2 Å². The topological polar surface area (TPSA) is 238 Å². The van der Waals surface area contributed by atoms with Crippen LogP contribution in [0.25, 0.3) is 0 Å². The molecule has 206 valence electrons. The van der Waals surface area contributed by atoms with Crippen molar-refractivity contribution in [1.82, 2.24) is 14.9 Å². The minimum atomic E-state index is -1.79. The first kappa shape index (κ1) is 27.2. The summed E-state index contributed by atoms with van der Waals surface area (Å²) in [5.41, 5.74) is 3.92. The largest absolute Gasteiger partial charge is 0.467 e. The number of carbonyl (C=O) groups excluding carboxylic acids is 2. The molecule has 0 bridgehead atoms. The van der Waals surface area contributed by atoms with Crippen LogP contribution in [0.2, 0.25) is 0 Å². The van der Waals surface area contributed by atoms with E-state index < -0.39 is 78.0 Å². The molecule has 8 atom stereocenters. The summed E-state index contributed by atoms with van der Waals surface area (Å²) >= 11 is 0. The van der Waals surface area contributed by atoms with E-state index in [1.165, 1.54) is 13.4 Å². The Morgan fingerprint density at radius 3 is 2.63 bits per heavy atom. The Balaban J connectivity index is 1.52. The van der Waals surface area contributed by atoms with E-state index in [9.17, 15) is 34.5 Å². The fourth-order valence-electron chi connectivity index (χ4n) is 4.06. The van der Waals surface area contributed by atoms with Crippen molar-refractivity contribution in [3.05, 3.63) is 69.1 Å². The summed E-state index contributed by atoms with van der Waals surface area (Å²) in [7, 11) is 1.19. The van der Waals surface area contributed by atoms with E-state index in [-0.39, 0.29) is 6.54 Å². The number of methoxy groups -OCH3 is 1. The molecular weight excluding hydrogens is 512 g/mol. The lowest BCUT2D eigenvalue weighted by Gasteiger charge is -2.35. The lowest BCUT2D eigenvalue weighted by Crippen LogP contribution is -2.54. The fourth-order valence-corrected chi connectivity index (χ4v) is 4.06. The Morgan fingerprint density at radius 2 is 2.00 bits per heavy atom. The van der Waals surface area contributed by atoms with E-state index in [1.54, 1.807) is 12.1 Å². The molecule has 4 heterocycles. The number of rotatable bonds is 9. The first-order chi connectivity index (χ1) is 18.1. The first-order valence-corrected chi connectivity index (χ1v) is 11.3. The number of aromatic amines is 1. The molecule has 0 aromatic carbocycles. The van der Waals surface area contributed by atoms with Gasteiger partial charge in [0.15, 0.2) is 18.1 Å². The second-order valence-corrected chi connectivity index (χ2v) is 8.42. The van der Waals surface area contributed by atoms with Crippen LogP contribution in [0.5, 0.6) is 0 Å². The lowest BCUT2D eigenvalue weighted by molar-refractivity contribution is -0.241. The second-order valence-electron chi connectivity index (χ2n) is 8.42. The van der Waals surface area contributed by atoms with Crippen LogP contribution in [0.1, 0.15) is 12.0 Å². The van der Waals surface area contributed by atoms with Crippen molar-refractivity contribution >= 4 is 11.8 Å². The predicted octanol–water partition coefficient (Wildman–Crippen LogP) is -3.45. The van der Waals surface area contributed by atoms with Crippen LogP contribution in [-0.4, -0.2) is 86.7 Å². The van der Waals surface area contributed by atoms with Gasteiger partial charge in [-0.25, -0.2) is 4.79 Å². The number of amides is 2. The number of carbonyl (C=O) groups is 2. The van der Waals surface area contributed by atoms with Gasteiger partial charge in [0, 0.05) is 19.4 Å². The molecule has 2 aliphatic heterocycles. The van der Waals surface area contributed by atoms with E-state index in [1.807, 2.05) is 4.98 Å². The van der Waals surface area contributed by atoms with E-state index >= 15 is 0 Å². The molecule has 1 fully saturated rings. The zero-order valence-corrected chi connectivity index (χ0v) is 19.8. The van der Waals surface area contributed by atoms with E-state index in [0.717, 1.165) is 22.9 Å². The molecular formula is C22H26N4O12. The predicted molar refractivity (Wildman–Crippen MR) is 122 cm³/mol. The number of aliphatic hydroxyl groups is 3. The highest BCUT2D eigenvalue weighted by Crippen LogP contribution is 2.34. The van der Waals surface area contributed by atoms with Crippen LogP contribution < -0.4 is 22.3 Å². The standard InChI is InChI=1S/C22H26N4O12/c1-34-15-14(30)20(26-5-4-12(28)25-22(26)33)37-16(15)17(18(23)31)38-21-13(29)10(27)7-11(36-21)19(32)24-8-9-3-2-6-35-9/h2-7,10,13-17,20-21,27,29-30H,8H2,1H3,(H2,23,31)(H,24,32)(H,25,28,33)/t10-,13-,14+,15-,16-,17+,20+,21+/m0/s1. The summed E-state index contributed by atoms with van der Waals surface area (Å²) in [6.45, 7) is -0.00452. The summed E-state index contributed by atoms with van der Waals surface area (Å²) < 4.78 is 27.9. The average Bonchev–Trinajstić information content (AvgIpc) is 3.50. The summed E-state index contributed by atoms with van der Waals surface area (Å²) in [5.74, 6) is -1.90. The SMILES string of the molecule is CO[C@H]1[C@@H](O)[C@H](n2ccc(=O)[nH]c2=O)O[C@@H]1[C@@H](O[C@H]1OC(C(=O)NCc2ccco2)=C[C@H](O)[C@@H]1O)C(N)=O. The molecule has 1 saturated heterocycles. The van der Waals surface area contributed by atoms with Crippen LogP contribution in [0.3, 0.4) is 0 Å². The van der Waals surface area contributed by atoms with E-state index in [2.05, 4.69) is 5.32 Å². The third-order valence-corrected chi connectivity index (χ3v) is 5.93. The monoisotopic (exact) mass is 538 g/mol.